The van der Waals surface area contributed by atoms with Gasteiger partial charge in [-0.25, -0.2) is 0 Å². The van der Waals surface area contributed by atoms with Crippen LogP contribution in [0.25, 0.3) is 0 Å². The quantitative estimate of drug-likeness (QED) is 0.371. The Kier molecular flexibility index (Phi) is 8.79. The second-order valence-corrected chi connectivity index (χ2v) is 6.16. The van der Waals surface area contributed by atoms with E-state index in [1.165, 1.54) is 0 Å². The molecule has 1 aromatic rings. The molecule has 0 heterocycles. The van der Waals surface area contributed by atoms with Gasteiger partial charge in [0.2, 0.25) is 0 Å². The molecule has 0 fully saturated rings. The third-order valence-corrected chi connectivity index (χ3v) is 3.29. The van der Waals surface area contributed by atoms with Gasteiger partial charge in [-0.15, -0.1) is 0 Å². The van der Waals surface area contributed by atoms with Crippen LogP contribution < -0.4 is 20.9 Å². The highest BCUT2D eigenvalue weighted by atomic mass is 79.9. The van der Waals surface area contributed by atoms with Crippen molar-refractivity contribution in [3.05, 3.63) is 28.7 Å². The number of carbonyl (C=O) groups is 1. The fraction of sp³-hybridized carbons (Fsp3) is 0.429. The second-order valence-electron chi connectivity index (χ2n) is 4.83. The Bertz CT molecular complexity index is 499. The van der Waals surface area contributed by atoms with Crippen molar-refractivity contribution in [1.29, 1.82) is 0 Å². The summed E-state index contributed by atoms with van der Waals surface area (Å²) in [5, 5.41) is 3.39. The number of nitrogens with one attached hydrogen (secondary N) is 3. The van der Waals surface area contributed by atoms with Crippen molar-refractivity contribution in [2.24, 2.45) is 0 Å². The molecule has 3 N–H and O–H groups in total. The molecule has 1 rings (SSSR count). The largest absolute Gasteiger partial charge is 0.484 e. The SMILES string of the molecule is CN(C)CCCNC(=S)NNC(=O)COc1cccc(Br)c1. The zero-order chi connectivity index (χ0) is 16.4. The molecule has 0 bridgehead atoms. The van der Waals surface area contributed by atoms with Gasteiger partial charge in [0.05, 0.1) is 0 Å². The monoisotopic (exact) mass is 388 g/mol. The lowest BCUT2D eigenvalue weighted by atomic mass is 10.3. The molecule has 22 heavy (non-hydrogen) atoms. The first-order chi connectivity index (χ1) is 10.5. The van der Waals surface area contributed by atoms with Crippen LogP contribution in [0.5, 0.6) is 5.75 Å². The molecule has 0 atom stereocenters. The summed E-state index contributed by atoms with van der Waals surface area (Å²) < 4.78 is 6.25. The van der Waals surface area contributed by atoms with Crippen molar-refractivity contribution in [2.75, 3.05) is 33.8 Å². The molecule has 0 radical (unpaired) electrons. The number of hydrogen-bond acceptors (Lipinski definition) is 4. The topological polar surface area (TPSA) is 65.6 Å². The Morgan fingerprint density at radius 3 is 2.82 bits per heavy atom. The number of hydrazine groups is 1. The first-order valence-corrected chi connectivity index (χ1v) is 8.03. The van der Waals surface area contributed by atoms with Gasteiger partial charge < -0.3 is 15.0 Å². The van der Waals surface area contributed by atoms with E-state index in [4.69, 9.17) is 17.0 Å². The molecule has 0 spiro atoms. The third kappa shape index (κ3) is 8.81. The Labute approximate surface area is 144 Å². The minimum atomic E-state index is -0.308. The first kappa shape index (κ1) is 18.7. The molecule has 1 aromatic carbocycles. The van der Waals surface area contributed by atoms with Crippen molar-refractivity contribution < 1.29 is 9.53 Å². The summed E-state index contributed by atoms with van der Waals surface area (Å²) in [7, 11) is 4.03. The fourth-order valence-corrected chi connectivity index (χ4v) is 2.04. The van der Waals surface area contributed by atoms with E-state index in [-0.39, 0.29) is 12.5 Å². The normalized spacial score (nSPS) is 10.2. The number of ether oxygens (including phenoxy) is 1. The van der Waals surface area contributed by atoms with E-state index >= 15 is 0 Å². The van der Waals surface area contributed by atoms with Gasteiger partial charge in [0.25, 0.3) is 5.91 Å². The van der Waals surface area contributed by atoms with Gasteiger partial charge in [0.1, 0.15) is 5.75 Å². The van der Waals surface area contributed by atoms with Crippen LogP contribution in [-0.4, -0.2) is 49.7 Å². The number of thiocarbonyl (C=S) groups is 1. The van der Waals surface area contributed by atoms with E-state index in [2.05, 4.69) is 37.0 Å². The van der Waals surface area contributed by atoms with Crippen LogP contribution in [-0.2, 0) is 4.79 Å². The number of rotatable bonds is 7. The average Bonchev–Trinajstić information content (AvgIpc) is 2.47. The highest BCUT2D eigenvalue weighted by molar-refractivity contribution is 9.10. The summed E-state index contributed by atoms with van der Waals surface area (Å²) in [6.07, 6.45) is 0.967. The van der Waals surface area contributed by atoms with E-state index in [9.17, 15) is 4.79 Å². The van der Waals surface area contributed by atoms with E-state index in [0.717, 1.165) is 24.0 Å². The van der Waals surface area contributed by atoms with Gasteiger partial charge in [-0.3, -0.25) is 15.6 Å². The maximum atomic E-state index is 11.6. The molecule has 0 saturated heterocycles. The number of halogens is 1. The summed E-state index contributed by atoms with van der Waals surface area (Å²) >= 11 is 8.39. The summed E-state index contributed by atoms with van der Waals surface area (Å²) in [5.74, 6) is 0.311. The molecule has 6 nitrogen and oxygen atoms in total. The Balaban J connectivity index is 2.13. The predicted molar refractivity (Wildman–Crippen MR) is 94.7 cm³/mol. The van der Waals surface area contributed by atoms with Crippen molar-refractivity contribution >= 4 is 39.2 Å². The minimum absolute atomic E-state index is 0.0906. The zero-order valence-corrected chi connectivity index (χ0v) is 15.1. The van der Waals surface area contributed by atoms with Gasteiger partial charge in [-0.05, 0) is 57.5 Å². The van der Waals surface area contributed by atoms with Crippen LogP contribution in [0.15, 0.2) is 28.7 Å². The van der Waals surface area contributed by atoms with E-state index in [0.29, 0.717) is 10.9 Å². The molecule has 0 unspecified atom stereocenters. The van der Waals surface area contributed by atoms with E-state index in [1.807, 2.05) is 26.2 Å². The summed E-state index contributed by atoms with van der Waals surface area (Å²) in [6, 6.07) is 7.29. The Morgan fingerprint density at radius 2 is 2.14 bits per heavy atom. The molecule has 0 saturated carbocycles. The summed E-state index contributed by atoms with van der Waals surface area (Å²) in [4.78, 5) is 13.7. The molecule has 0 aliphatic heterocycles. The van der Waals surface area contributed by atoms with Crippen molar-refractivity contribution in [2.45, 2.75) is 6.42 Å². The smallest absolute Gasteiger partial charge is 0.276 e. The molecule has 0 aliphatic carbocycles. The van der Waals surface area contributed by atoms with Gasteiger partial charge in [0, 0.05) is 11.0 Å². The number of carbonyl (C=O) groups excluding carboxylic acids is 1. The molecule has 0 aliphatic rings. The lowest BCUT2D eigenvalue weighted by Crippen LogP contribution is -2.48. The van der Waals surface area contributed by atoms with Gasteiger partial charge >= 0.3 is 0 Å². The summed E-state index contributed by atoms with van der Waals surface area (Å²) in [5.41, 5.74) is 5.11. The number of hydrogen-bond donors (Lipinski definition) is 3. The summed E-state index contributed by atoms with van der Waals surface area (Å²) in [6.45, 7) is 1.63. The number of nitrogens with zero attached hydrogens (tertiary/aromatic N) is 1. The number of benzene rings is 1. The second kappa shape index (κ2) is 10.4. The van der Waals surface area contributed by atoms with Crippen molar-refractivity contribution in [3.63, 3.8) is 0 Å². The molecule has 0 aromatic heterocycles. The standard InChI is InChI=1S/C14H21BrN4O2S/c1-19(2)8-4-7-16-14(22)18-17-13(20)10-21-12-6-3-5-11(15)9-12/h3,5-6,9H,4,7-8,10H2,1-2H3,(H,17,20)(H2,16,18,22). The van der Waals surface area contributed by atoms with Gasteiger partial charge in [-0.1, -0.05) is 22.0 Å². The van der Waals surface area contributed by atoms with Crippen LogP contribution in [0.3, 0.4) is 0 Å². The molecule has 1 amide bonds. The van der Waals surface area contributed by atoms with Crippen molar-refractivity contribution in [1.82, 2.24) is 21.1 Å². The zero-order valence-electron chi connectivity index (χ0n) is 12.7. The van der Waals surface area contributed by atoms with E-state index < -0.39 is 0 Å². The van der Waals surface area contributed by atoms with Crippen LogP contribution in [0.4, 0.5) is 0 Å². The lowest BCUT2D eigenvalue weighted by Gasteiger charge is -2.13. The first-order valence-electron chi connectivity index (χ1n) is 6.83. The maximum absolute atomic E-state index is 11.6. The minimum Gasteiger partial charge on any atom is -0.484 e. The predicted octanol–water partition coefficient (Wildman–Crippen LogP) is 1.27. The van der Waals surface area contributed by atoms with Crippen LogP contribution in [0.1, 0.15) is 6.42 Å². The van der Waals surface area contributed by atoms with Crippen LogP contribution in [0.2, 0.25) is 0 Å². The van der Waals surface area contributed by atoms with Crippen LogP contribution in [0, 0.1) is 0 Å². The highest BCUT2D eigenvalue weighted by Gasteiger charge is 2.03. The molecular formula is C14H21BrN4O2S. The highest BCUT2D eigenvalue weighted by Crippen LogP contribution is 2.17. The molecular weight excluding hydrogens is 368 g/mol. The van der Waals surface area contributed by atoms with Crippen molar-refractivity contribution in [3.8, 4) is 5.75 Å². The van der Waals surface area contributed by atoms with E-state index in [1.54, 1.807) is 12.1 Å². The molecule has 122 valence electrons. The average molecular weight is 389 g/mol. The third-order valence-electron chi connectivity index (χ3n) is 2.55. The van der Waals surface area contributed by atoms with Crippen LogP contribution >= 0.6 is 28.1 Å². The maximum Gasteiger partial charge on any atom is 0.276 e. The molecule has 8 heteroatoms. The lowest BCUT2D eigenvalue weighted by molar-refractivity contribution is -0.123. The van der Waals surface area contributed by atoms with Gasteiger partial charge in [-0.2, -0.15) is 0 Å². The fourth-order valence-electron chi connectivity index (χ4n) is 1.51. The van der Waals surface area contributed by atoms with Gasteiger partial charge in [0.15, 0.2) is 11.7 Å². The Morgan fingerprint density at radius 1 is 1.36 bits per heavy atom. The Hall–Kier alpha value is -1.38. The number of amides is 1.